The molecule has 31 heavy (non-hydrogen) atoms. The summed E-state index contributed by atoms with van der Waals surface area (Å²) in [6.07, 6.45) is -3.21. The van der Waals surface area contributed by atoms with Gasteiger partial charge >= 0.3 is 5.97 Å². The highest BCUT2D eigenvalue weighted by atomic mass is 16.5. The van der Waals surface area contributed by atoms with Crippen LogP contribution in [-0.2, 0) is 19.1 Å². The van der Waals surface area contributed by atoms with Crippen LogP contribution in [0.1, 0.15) is 39.5 Å². The number of carboxylic acid groups (broad SMARTS) is 1. The van der Waals surface area contributed by atoms with E-state index in [1.165, 1.54) is 9.80 Å². The van der Waals surface area contributed by atoms with Crippen molar-refractivity contribution in [2.75, 3.05) is 39.4 Å². The Hall–Kier alpha value is -1.79. The number of nitrogens with two attached hydrogens (primary N) is 1. The second kappa shape index (κ2) is 13.6. The molecule has 0 aromatic heterocycles. The lowest BCUT2D eigenvalue weighted by atomic mass is 10.1. The number of β-amino-alcohol motifs (C(OH)–C–C–N with tert-alkyl or cyclic N) is 1. The van der Waals surface area contributed by atoms with Gasteiger partial charge in [-0.25, -0.2) is 0 Å². The number of aliphatic hydroxyl groups is 3. The molecule has 6 N–H and O–H groups in total. The van der Waals surface area contributed by atoms with Crippen molar-refractivity contribution in [1.82, 2.24) is 9.80 Å². The average molecular weight is 448 g/mol. The van der Waals surface area contributed by atoms with Crippen LogP contribution in [0.4, 0.5) is 0 Å². The van der Waals surface area contributed by atoms with Crippen LogP contribution in [0.5, 0.6) is 0 Å². The fourth-order valence-electron chi connectivity index (χ4n) is 3.20. The zero-order chi connectivity index (χ0) is 23.6. The number of carbonyl (C=O) groups excluding carboxylic acids is 2. The highest BCUT2D eigenvalue weighted by molar-refractivity contribution is 5.84. The maximum Gasteiger partial charge on any atom is 0.321 e. The van der Waals surface area contributed by atoms with Crippen molar-refractivity contribution < 1.29 is 39.5 Å². The summed E-state index contributed by atoms with van der Waals surface area (Å²) in [4.78, 5) is 39.1. The number of rotatable bonds is 5. The standard InChI is InChI=1S/C20H37N3O8/c1-13(2)9-17(26)23-7-6-22(18(27)10-14(21)20(29)30)5-3-4-8-31-12-16(25)19(28)15(24)11-23/h13-16,19,24-25,28H,3-12,21H2,1-2H3,(H,29,30)/t14-,15-,16+,19+/m0/s1. The molecule has 1 saturated heterocycles. The third-order valence-corrected chi connectivity index (χ3v) is 5.09. The van der Waals surface area contributed by atoms with E-state index in [0.29, 0.717) is 19.4 Å². The molecule has 1 aliphatic rings. The van der Waals surface area contributed by atoms with Crippen LogP contribution in [0.15, 0.2) is 0 Å². The first-order valence-electron chi connectivity index (χ1n) is 10.7. The van der Waals surface area contributed by atoms with Crippen molar-refractivity contribution in [2.24, 2.45) is 11.7 Å². The molecule has 0 unspecified atom stereocenters. The third kappa shape index (κ3) is 9.92. The number of nitrogens with zero attached hydrogens (tertiary/aromatic N) is 2. The molecule has 11 heteroatoms. The first-order valence-corrected chi connectivity index (χ1v) is 10.7. The Morgan fingerprint density at radius 1 is 0.968 bits per heavy atom. The first-order chi connectivity index (χ1) is 14.5. The van der Waals surface area contributed by atoms with Crippen LogP contribution in [0.2, 0.25) is 0 Å². The Bertz CT molecular complexity index is 589. The summed E-state index contributed by atoms with van der Waals surface area (Å²) in [7, 11) is 0. The van der Waals surface area contributed by atoms with Gasteiger partial charge in [0.05, 0.1) is 13.0 Å². The molecular weight excluding hydrogens is 410 g/mol. The summed E-state index contributed by atoms with van der Waals surface area (Å²) in [6, 6.07) is -1.32. The van der Waals surface area contributed by atoms with Crippen LogP contribution in [-0.4, -0.2) is 112 Å². The van der Waals surface area contributed by atoms with E-state index in [9.17, 15) is 29.7 Å². The summed E-state index contributed by atoms with van der Waals surface area (Å²) < 4.78 is 5.33. The summed E-state index contributed by atoms with van der Waals surface area (Å²) >= 11 is 0. The molecule has 0 radical (unpaired) electrons. The van der Waals surface area contributed by atoms with E-state index in [1.54, 1.807) is 0 Å². The molecule has 11 nitrogen and oxygen atoms in total. The van der Waals surface area contributed by atoms with Gasteiger partial charge in [-0.1, -0.05) is 13.8 Å². The highest BCUT2D eigenvalue weighted by Gasteiger charge is 2.29. The molecule has 0 aliphatic carbocycles. The number of carbonyl (C=O) groups is 3. The molecule has 1 rings (SSSR count). The Morgan fingerprint density at radius 2 is 1.58 bits per heavy atom. The lowest BCUT2D eigenvalue weighted by Crippen LogP contribution is -2.50. The normalized spacial score (nSPS) is 25.7. The summed E-state index contributed by atoms with van der Waals surface area (Å²) in [6.45, 7) is 4.19. The van der Waals surface area contributed by atoms with Crippen molar-refractivity contribution in [3.8, 4) is 0 Å². The third-order valence-electron chi connectivity index (χ3n) is 5.09. The average Bonchev–Trinajstić information content (AvgIpc) is 2.69. The summed E-state index contributed by atoms with van der Waals surface area (Å²) in [5.41, 5.74) is 5.49. The van der Waals surface area contributed by atoms with Crippen LogP contribution in [0, 0.1) is 5.92 Å². The van der Waals surface area contributed by atoms with Crippen molar-refractivity contribution in [1.29, 1.82) is 0 Å². The molecule has 4 atom stereocenters. The van der Waals surface area contributed by atoms with Gasteiger partial charge in [0.25, 0.3) is 0 Å². The minimum atomic E-state index is -1.50. The summed E-state index contributed by atoms with van der Waals surface area (Å²) in [5.74, 6) is -1.90. The van der Waals surface area contributed by atoms with E-state index in [1.807, 2.05) is 13.8 Å². The predicted octanol–water partition coefficient (Wildman–Crippen LogP) is -1.62. The Kier molecular flexibility index (Phi) is 11.9. The van der Waals surface area contributed by atoms with E-state index >= 15 is 0 Å². The van der Waals surface area contributed by atoms with E-state index in [2.05, 4.69) is 0 Å². The first kappa shape index (κ1) is 27.2. The minimum absolute atomic E-state index is 0.0629. The number of aliphatic hydroxyl groups excluding tert-OH is 3. The molecule has 0 bridgehead atoms. The maximum atomic E-state index is 12.7. The number of hydrogen-bond donors (Lipinski definition) is 5. The molecule has 0 aromatic rings. The molecule has 0 spiro atoms. The molecule has 1 aliphatic heterocycles. The zero-order valence-electron chi connectivity index (χ0n) is 18.4. The molecule has 180 valence electrons. The van der Waals surface area contributed by atoms with E-state index < -0.39 is 36.2 Å². The number of aliphatic carboxylic acids is 1. The largest absolute Gasteiger partial charge is 0.480 e. The van der Waals surface area contributed by atoms with Crippen molar-refractivity contribution >= 4 is 17.8 Å². The Balaban J connectivity index is 2.98. The van der Waals surface area contributed by atoms with Gasteiger partial charge in [0.15, 0.2) is 0 Å². The molecule has 1 fully saturated rings. The number of ether oxygens (including phenoxy) is 1. The van der Waals surface area contributed by atoms with Gasteiger partial charge in [0.2, 0.25) is 11.8 Å². The van der Waals surface area contributed by atoms with Gasteiger partial charge in [-0.2, -0.15) is 0 Å². The maximum absolute atomic E-state index is 12.7. The molecule has 1 heterocycles. The minimum Gasteiger partial charge on any atom is -0.480 e. The van der Waals surface area contributed by atoms with Crippen LogP contribution in [0.25, 0.3) is 0 Å². The second-order valence-electron chi connectivity index (χ2n) is 8.37. The lowest BCUT2D eigenvalue weighted by molar-refractivity contribution is -0.143. The Morgan fingerprint density at radius 3 is 2.19 bits per heavy atom. The van der Waals surface area contributed by atoms with Gasteiger partial charge in [0.1, 0.15) is 24.4 Å². The van der Waals surface area contributed by atoms with Gasteiger partial charge in [-0.3, -0.25) is 14.4 Å². The Labute approximate surface area is 182 Å². The van der Waals surface area contributed by atoms with Crippen LogP contribution in [0.3, 0.4) is 0 Å². The quantitative estimate of drug-likeness (QED) is 0.332. The zero-order valence-corrected chi connectivity index (χ0v) is 18.4. The number of carboxylic acids is 1. The van der Waals surface area contributed by atoms with Gasteiger partial charge in [-0.05, 0) is 18.8 Å². The molecular formula is C20H37N3O8. The SMILES string of the molecule is CC(C)CC(=O)N1CCN(C(=O)C[C@H](N)C(=O)O)CCCCOC[C@@H](O)[C@H](O)[C@@H](O)C1. The predicted molar refractivity (Wildman–Crippen MR) is 111 cm³/mol. The van der Waals surface area contributed by atoms with E-state index in [0.717, 1.165) is 0 Å². The van der Waals surface area contributed by atoms with Gasteiger partial charge in [0, 0.05) is 39.2 Å². The number of hydrogen-bond acceptors (Lipinski definition) is 8. The van der Waals surface area contributed by atoms with Crippen molar-refractivity contribution in [3.05, 3.63) is 0 Å². The van der Waals surface area contributed by atoms with Crippen LogP contribution >= 0.6 is 0 Å². The smallest absolute Gasteiger partial charge is 0.321 e. The molecule has 0 aromatic carbocycles. The second-order valence-corrected chi connectivity index (χ2v) is 8.37. The van der Waals surface area contributed by atoms with E-state index in [-0.39, 0.29) is 57.5 Å². The topological polar surface area (TPSA) is 174 Å². The van der Waals surface area contributed by atoms with Crippen molar-refractivity contribution in [2.45, 2.75) is 63.9 Å². The number of amides is 2. The molecule has 0 saturated carbocycles. The summed E-state index contributed by atoms with van der Waals surface area (Å²) in [5, 5.41) is 39.5. The fourth-order valence-corrected chi connectivity index (χ4v) is 3.20. The highest BCUT2D eigenvalue weighted by Crippen LogP contribution is 2.11. The lowest BCUT2D eigenvalue weighted by Gasteiger charge is -2.32. The van der Waals surface area contributed by atoms with E-state index in [4.69, 9.17) is 15.6 Å². The fraction of sp³-hybridized carbons (Fsp3) is 0.850. The molecule has 2 amide bonds. The monoisotopic (exact) mass is 447 g/mol. The van der Waals surface area contributed by atoms with Crippen molar-refractivity contribution in [3.63, 3.8) is 0 Å². The van der Waals surface area contributed by atoms with Gasteiger partial charge < -0.3 is 40.7 Å². The van der Waals surface area contributed by atoms with Gasteiger partial charge in [-0.15, -0.1) is 0 Å². The van der Waals surface area contributed by atoms with Crippen LogP contribution < -0.4 is 5.73 Å².